The first-order chi connectivity index (χ1) is 9.54. The largest absolute Gasteiger partial charge is 0.463 e. The Balaban J connectivity index is 2.32. The SMILES string of the molecule is Cc1nn(C)c2ncc(NC(=O)C(F)(F)C(F)(F)F)cc12. The fourth-order valence-corrected chi connectivity index (χ4v) is 1.71. The van der Waals surface area contributed by atoms with Crippen LogP contribution in [0.5, 0.6) is 0 Å². The van der Waals surface area contributed by atoms with Crippen LogP contribution in [0.1, 0.15) is 5.69 Å². The van der Waals surface area contributed by atoms with Gasteiger partial charge in [-0.3, -0.25) is 9.48 Å². The van der Waals surface area contributed by atoms with Crippen molar-refractivity contribution in [3.8, 4) is 0 Å². The van der Waals surface area contributed by atoms with E-state index in [2.05, 4.69) is 10.1 Å². The highest BCUT2D eigenvalue weighted by molar-refractivity contribution is 5.98. The van der Waals surface area contributed by atoms with Crippen LogP contribution in [0.4, 0.5) is 27.6 Å². The maximum Gasteiger partial charge on any atom is 0.463 e. The van der Waals surface area contributed by atoms with E-state index in [1.807, 2.05) is 0 Å². The van der Waals surface area contributed by atoms with Gasteiger partial charge in [-0.15, -0.1) is 0 Å². The molecule has 0 saturated carbocycles. The summed E-state index contributed by atoms with van der Waals surface area (Å²) < 4.78 is 63.3. The van der Waals surface area contributed by atoms with Crippen LogP contribution in [0.2, 0.25) is 0 Å². The van der Waals surface area contributed by atoms with E-state index in [-0.39, 0.29) is 5.69 Å². The quantitative estimate of drug-likeness (QED) is 0.867. The lowest BCUT2D eigenvalue weighted by molar-refractivity contribution is -0.267. The Kier molecular flexibility index (Phi) is 3.34. The molecule has 21 heavy (non-hydrogen) atoms. The molecule has 0 aromatic carbocycles. The lowest BCUT2D eigenvalue weighted by Crippen LogP contribution is -2.47. The normalized spacial score (nSPS) is 12.7. The summed E-state index contributed by atoms with van der Waals surface area (Å²) in [7, 11) is 1.60. The summed E-state index contributed by atoms with van der Waals surface area (Å²) in [6.07, 6.45) is -4.98. The molecule has 0 unspecified atom stereocenters. The highest BCUT2D eigenvalue weighted by Gasteiger charge is 2.63. The van der Waals surface area contributed by atoms with Crippen molar-refractivity contribution in [3.63, 3.8) is 0 Å². The van der Waals surface area contributed by atoms with Gasteiger partial charge in [0.05, 0.1) is 17.6 Å². The van der Waals surface area contributed by atoms with Gasteiger partial charge < -0.3 is 5.32 Å². The standard InChI is InChI=1S/C11H9F5N4O/c1-5-7-3-6(4-17-8(7)20(2)19-5)18-9(21)10(12,13)11(14,15)16/h3-4H,1-2H3,(H,18,21). The van der Waals surface area contributed by atoms with E-state index >= 15 is 0 Å². The maximum absolute atomic E-state index is 12.8. The molecule has 1 N–H and O–H groups in total. The van der Waals surface area contributed by atoms with Crippen molar-refractivity contribution in [2.75, 3.05) is 5.32 Å². The van der Waals surface area contributed by atoms with E-state index in [1.165, 1.54) is 16.1 Å². The van der Waals surface area contributed by atoms with Crippen LogP contribution in [-0.2, 0) is 11.8 Å². The van der Waals surface area contributed by atoms with E-state index in [9.17, 15) is 26.7 Å². The van der Waals surface area contributed by atoms with Gasteiger partial charge in [-0.05, 0) is 13.0 Å². The Hall–Kier alpha value is -2.26. The molecule has 10 heteroatoms. The second-order valence-corrected chi connectivity index (χ2v) is 4.33. The zero-order valence-electron chi connectivity index (χ0n) is 10.8. The molecule has 0 saturated heterocycles. The van der Waals surface area contributed by atoms with Crippen LogP contribution in [0.3, 0.4) is 0 Å². The first kappa shape index (κ1) is 15.1. The van der Waals surface area contributed by atoms with E-state index in [0.29, 0.717) is 16.7 Å². The highest BCUT2D eigenvalue weighted by atomic mass is 19.4. The minimum Gasteiger partial charge on any atom is -0.319 e. The number of nitrogens with one attached hydrogen (secondary N) is 1. The molecular formula is C11H9F5N4O. The summed E-state index contributed by atoms with van der Waals surface area (Å²) in [6.45, 7) is 1.61. The number of halogens is 5. The number of aryl methyl sites for hydroxylation is 2. The van der Waals surface area contributed by atoms with Crippen LogP contribution in [-0.4, -0.2) is 32.8 Å². The van der Waals surface area contributed by atoms with Crippen molar-refractivity contribution < 1.29 is 26.7 Å². The van der Waals surface area contributed by atoms with Gasteiger partial charge in [-0.2, -0.15) is 27.1 Å². The van der Waals surface area contributed by atoms with Crippen molar-refractivity contribution >= 4 is 22.6 Å². The lowest BCUT2D eigenvalue weighted by Gasteiger charge is -2.18. The average molecular weight is 308 g/mol. The van der Waals surface area contributed by atoms with Crippen LogP contribution in [0, 0.1) is 6.92 Å². The third-order valence-corrected chi connectivity index (χ3v) is 2.76. The minimum absolute atomic E-state index is 0.271. The van der Waals surface area contributed by atoms with Crippen molar-refractivity contribution in [2.45, 2.75) is 19.0 Å². The van der Waals surface area contributed by atoms with E-state index in [4.69, 9.17) is 0 Å². The van der Waals surface area contributed by atoms with Crippen molar-refractivity contribution in [1.82, 2.24) is 14.8 Å². The third kappa shape index (κ3) is 2.52. The van der Waals surface area contributed by atoms with Crippen molar-refractivity contribution in [2.24, 2.45) is 7.05 Å². The van der Waals surface area contributed by atoms with E-state index < -0.39 is 18.0 Å². The molecule has 2 rings (SSSR count). The number of rotatable bonds is 2. The second-order valence-electron chi connectivity index (χ2n) is 4.33. The van der Waals surface area contributed by atoms with Crippen molar-refractivity contribution in [3.05, 3.63) is 18.0 Å². The summed E-state index contributed by atoms with van der Waals surface area (Å²) in [5.41, 5.74) is 0.638. The van der Waals surface area contributed by atoms with Gasteiger partial charge in [0, 0.05) is 12.4 Å². The van der Waals surface area contributed by atoms with E-state index in [0.717, 1.165) is 6.20 Å². The summed E-state index contributed by atoms with van der Waals surface area (Å²) in [4.78, 5) is 14.9. The van der Waals surface area contributed by atoms with Crippen molar-refractivity contribution in [1.29, 1.82) is 0 Å². The number of pyridine rings is 1. The van der Waals surface area contributed by atoms with Crippen LogP contribution < -0.4 is 5.32 Å². The van der Waals surface area contributed by atoms with Crippen LogP contribution in [0.25, 0.3) is 11.0 Å². The fourth-order valence-electron chi connectivity index (χ4n) is 1.71. The Morgan fingerprint density at radius 1 is 1.29 bits per heavy atom. The topological polar surface area (TPSA) is 59.8 Å². The minimum atomic E-state index is -5.96. The zero-order valence-corrected chi connectivity index (χ0v) is 10.8. The molecule has 5 nitrogen and oxygen atoms in total. The smallest absolute Gasteiger partial charge is 0.319 e. The van der Waals surface area contributed by atoms with Gasteiger partial charge >= 0.3 is 18.0 Å². The summed E-state index contributed by atoms with van der Waals surface area (Å²) in [5.74, 6) is -7.94. The maximum atomic E-state index is 12.8. The molecule has 0 spiro atoms. The van der Waals surface area contributed by atoms with Gasteiger partial charge in [0.1, 0.15) is 0 Å². The molecule has 1 amide bonds. The molecule has 0 aliphatic rings. The molecule has 0 atom stereocenters. The number of carbonyl (C=O) groups excluding carboxylic acids is 1. The molecule has 2 heterocycles. The number of aromatic nitrogens is 3. The Bertz CT molecular complexity index is 706. The Morgan fingerprint density at radius 2 is 1.90 bits per heavy atom. The number of alkyl halides is 5. The number of hydrogen-bond donors (Lipinski definition) is 1. The summed E-state index contributed by atoms with van der Waals surface area (Å²) in [5, 5.41) is 5.96. The molecule has 0 radical (unpaired) electrons. The molecule has 0 aliphatic carbocycles. The monoisotopic (exact) mass is 308 g/mol. The predicted octanol–water partition coefficient (Wildman–Crippen LogP) is 2.41. The fraction of sp³-hybridized carbons (Fsp3) is 0.364. The first-order valence-electron chi connectivity index (χ1n) is 5.59. The molecule has 0 bridgehead atoms. The molecular weight excluding hydrogens is 299 g/mol. The zero-order chi connectivity index (χ0) is 16.0. The van der Waals surface area contributed by atoms with Gasteiger partial charge in [0.25, 0.3) is 0 Å². The molecule has 114 valence electrons. The summed E-state index contributed by atoms with van der Waals surface area (Å²) >= 11 is 0. The molecule has 2 aromatic rings. The number of hydrogen-bond acceptors (Lipinski definition) is 3. The molecule has 2 aromatic heterocycles. The molecule has 0 aliphatic heterocycles. The van der Waals surface area contributed by atoms with Gasteiger partial charge in [0.2, 0.25) is 0 Å². The summed E-state index contributed by atoms with van der Waals surface area (Å²) in [6, 6.07) is 1.23. The van der Waals surface area contributed by atoms with Gasteiger partial charge in [-0.25, -0.2) is 4.98 Å². The number of fused-ring (bicyclic) bond motifs is 1. The number of amides is 1. The highest BCUT2D eigenvalue weighted by Crippen LogP contribution is 2.36. The number of anilines is 1. The number of nitrogens with zero attached hydrogens (tertiary/aromatic N) is 3. The van der Waals surface area contributed by atoms with Crippen LogP contribution >= 0.6 is 0 Å². The molecule has 0 fully saturated rings. The Labute approximate surface area is 114 Å². The predicted molar refractivity (Wildman–Crippen MR) is 62.9 cm³/mol. The third-order valence-electron chi connectivity index (χ3n) is 2.76. The lowest BCUT2D eigenvalue weighted by atomic mass is 10.2. The number of carbonyl (C=O) groups is 1. The van der Waals surface area contributed by atoms with E-state index in [1.54, 1.807) is 14.0 Å². The Morgan fingerprint density at radius 3 is 2.48 bits per heavy atom. The average Bonchev–Trinajstić information content (AvgIpc) is 2.63. The van der Waals surface area contributed by atoms with Crippen LogP contribution in [0.15, 0.2) is 12.3 Å². The first-order valence-corrected chi connectivity index (χ1v) is 5.59. The van der Waals surface area contributed by atoms with Gasteiger partial charge in [0.15, 0.2) is 5.65 Å². The van der Waals surface area contributed by atoms with Gasteiger partial charge in [-0.1, -0.05) is 0 Å². The second kappa shape index (κ2) is 4.64.